The van der Waals surface area contributed by atoms with E-state index in [2.05, 4.69) is 6.58 Å². The van der Waals surface area contributed by atoms with Crippen molar-refractivity contribution in [3.05, 3.63) is 6.58 Å². The normalized spacial score (nSPS) is 2.00. The second-order valence-electron chi connectivity index (χ2n) is 0.177. The standard InChI is InChI=1S/C2H3N.Cu/c1-2-3;/h3H,1H2;. The third kappa shape index (κ3) is 1990. The molecule has 0 spiro atoms. The summed E-state index contributed by atoms with van der Waals surface area (Å²) in [6, 6.07) is 0. The minimum atomic E-state index is 0. The van der Waals surface area contributed by atoms with Crippen LogP contribution in [0.3, 0.4) is 0 Å². The topological polar surface area (TPSA) is 23.9 Å². The zero-order valence-corrected chi connectivity index (χ0v) is 2.95. The van der Waals surface area contributed by atoms with Gasteiger partial charge in [-0.25, -0.2) is 0 Å². The summed E-state index contributed by atoms with van der Waals surface area (Å²) < 4.78 is 0. The van der Waals surface area contributed by atoms with E-state index in [-0.39, 0.29) is 17.1 Å². The van der Waals surface area contributed by atoms with Crippen LogP contribution >= 0.6 is 0 Å². The van der Waals surface area contributed by atoms with E-state index in [1.54, 1.807) is 5.87 Å². The van der Waals surface area contributed by atoms with Gasteiger partial charge >= 0.3 is 0 Å². The fourth-order valence-corrected chi connectivity index (χ4v) is 0. The van der Waals surface area contributed by atoms with Crippen molar-refractivity contribution in [2.75, 3.05) is 0 Å². The van der Waals surface area contributed by atoms with Crippen LogP contribution in [0.15, 0.2) is 6.58 Å². The van der Waals surface area contributed by atoms with Crippen molar-refractivity contribution < 1.29 is 17.1 Å². The predicted octanol–water partition coefficient (Wildman–Crippen LogP) is 0.418. The van der Waals surface area contributed by atoms with Crippen molar-refractivity contribution in [1.82, 2.24) is 0 Å². The first kappa shape index (κ1) is 9.02. The fourth-order valence-electron chi connectivity index (χ4n) is 0. The van der Waals surface area contributed by atoms with Gasteiger partial charge in [-0.05, 0) is 12.4 Å². The van der Waals surface area contributed by atoms with Crippen LogP contribution in [0.5, 0.6) is 0 Å². The molecule has 2 heteroatoms. The number of rotatable bonds is 0. The Morgan fingerprint density at radius 1 is 1.75 bits per heavy atom. The van der Waals surface area contributed by atoms with Crippen molar-refractivity contribution in [1.29, 1.82) is 5.41 Å². The molecular weight excluding hydrogens is 102 g/mol. The van der Waals surface area contributed by atoms with E-state index in [9.17, 15) is 0 Å². The Morgan fingerprint density at radius 3 is 1.75 bits per heavy atom. The SMILES string of the molecule is C=C=N.[Cu]. The summed E-state index contributed by atoms with van der Waals surface area (Å²) in [5, 5.41) is 5.85. The average Bonchev–Trinajstić information content (AvgIpc) is 0.918. The molecule has 0 aliphatic heterocycles. The third-order valence-electron chi connectivity index (χ3n) is 0. The summed E-state index contributed by atoms with van der Waals surface area (Å²) >= 11 is 0. The molecule has 0 saturated carbocycles. The maximum Gasteiger partial charge on any atom is 0 e. The van der Waals surface area contributed by atoms with Crippen LogP contribution < -0.4 is 0 Å². The Balaban J connectivity index is 0. The van der Waals surface area contributed by atoms with Crippen LogP contribution in [0, 0.1) is 5.41 Å². The van der Waals surface area contributed by atoms with Gasteiger partial charge in [0.05, 0.1) is 0 Å². The molecule has 0 fully saturated rings. The van der Waals surface area contributed by atoms with Gasteiger partial charge in [0, 0.05) is 17.1 Å². The minimum absolute atomic E-state index is 0. The molecule has 0 aliphatic rings. The van der Waals surface area contributed by atoms with Gasteiger partial charge in [0.25, 0.3) is 0 Å². The van der Waals surface area contributed by atoms with Gasteiger partial charge < -0.3 is 0 Å². The van der Waals surface area contributed by atoms with E-state index in [0.717, 1.165) is 0 Å². The van der Waals surface area contributed by atoms with E-state index in [0.29, 0.717) is 0 Å². The van der Waals surface area contributed by atoms with E-state index in [4.69, 9.17) is 5.41 Å². The first-order valence-electron chi connectivity index (χ1n) is 0.604. The molecule has 0 bridgehead atoms. The molecule has 0 aromatic rings. The molecule has 0 unspecified atom stereocenters. The minimum Gasteiger partial charge on any atom is -0.259 e. The molecule has 0 heterocycles. The Hall–Kier alpha value is -0.0305. The van der Waals surface area contributed by atoms with Crippen LogP contribution in [0.2, 0.25) is 0 Å². The van der Waals surface area contributed by atoms with Gasteiger partial charge in [-0.1, -0.05) is 0 Å². The molecule has 1 nitrogen and oxygen atoms in total. The van der Waals surface area contributed by atoms with Crippen LogP contribution in [-0.2, 0) is 17.1 Å². The quantitative estimate of drug-likeness (QED) is 0.340. The Bertz CT molecular complexity index is 27.0. The molecular formula is C2H3CuN. The summed E-state index contributed by atoms with van der Waals surface area (Å²) in [5.41, 5.74) is 0. The maximum absolute atomic E-state index is 5.85. The first-order chi connectivity index (χ1) is 1.41. The van der Waals surface area contributed by atoms with E-state index >= 15 is 0 Å². The Morgan fingerprint density at radius 2 is 1.75 bits per heavy atom. The number of hydrogen-bond acceptors (Lipinski definition) is 1. The average molecular weight is 105 g/mol. The van der Waals surface area contributed by atoms with E-state index in [1.807, 2.05) is 0 Å². The second kappa shape index (κ2) is 12.3. The molecule has 0 aliphatic carbocycles. The third-order valence-corrected chi connectivity index (χ3v) is 0. The number of hydrogen-bond donors (Lipinski definition) is 1. The number of nitrogens with one attached hydrogen (secondary N) is 1. The summed E-state index contributed by atoms with van der Waals surface area (Å²) in [6.45, 7) is 2.90. The molecule has 1 N–H and O–H groups in total. The van der Waals surface area contributed by atoms with Crippen LogP contribution in [-0.4, -0.2) is 5.87 Å². The monoisotopic (exact) mass is 104 g/mol. The molecule has 0 aromatic heterocycles. The summed E-state index contributed by atoms with van der Waals surface area (Å²) in [4.78, 5) is 0. The molecule has 1 radical (unpaired) electrons. The zero-order valence-electron chi connectivity index (χ0n) is 2.01. The van der Waals surface area contributed by atoms with Crippen molar-refractivity contribution in [2.24, 2.45) is 0 Å². The molecule has 0 atom stereocenters. The first-order valence-corrected chi connectivity index (χ1v) is 0.604. The van der Waals surface area contributed by atoms with Crippen molar-refractivity contribution in [2.45, 2.75) is 0 Å². The van der Waals surface area contributed by atoms with Gasteiger partial charge in [0.2, 0.25) is 0 Å². The predicted molar refractivity (Wildman–Crippen MR) is 13.4 cm³/mol. The molecule has 4 heavy (non-hydrogen) atoms. The van der Waals surface area contributed by atoms with Crippen molar-refractivity contribution >= 4 is 5.87 Å². The molecule has 0 saturated heterocycles. The Kier molecular flexibility index (Phi) is 27.6. The zero-order chi connectivity index (χ0) is 2.71. The van der Waals surface area contributed by atoms with Gasteiger partial charge in [-0.3, -0.25) is 5.41 Å². The van der Waals surface area contributed by atoms with Crippen LogP contribution in [0.4, 0.5) is 0 Å². The van der Waals surface area contributed by atoms with Crippen LogP contribution in [0.1, 0.15) is 0 Å². The van der Waals surface area contributed by atoms with Crippen LogP contribution in [0.25, 0.3) is 0 Å². The van der Waals surface area contributed by atoms with E-state index < -0.39 is 0 Å². The largest absolute Gasteiger partial charge is 0.259 e. The smallest absolute Gasteiger partial charge is 0 e. The van der Waals surface area contributed by atoms with E-state index in [1.165, 1.54) is 0 Å². The van der Waals surface area contributed by atoms with Gasteiger partial charge in [0.15, 0.2) is 0 Å². The molecule has 27 valence electrons. The van der Waals surface area contributed by atoms with Gasteiger partial charge in [0.1, 0.15) is 0 Å². The molecule has 0 amide bonds. The van der Waals surface area contributed by atoms with Crippen molar-refractivity contribution in [3.63, 3.8) is 0 Å². The van der Waals surface area contributed by atoms with Gasteiger partial charge in [-0.2, -0.15) is 0 Å². The van der Waals surface area contributed by atoms with Gasteiger partial charge in [-0.15, -0.1) is 0 Å². The maximum atomic E-state index is 5.85. The molecule has 0 aromatic carbocycles. The van der Waals surface area contributed by atoms with Crippen molar-refractivity contribution in [3.8, 4) is 0 Å². The molecule has 0 rings (SSSR count). The summed E-state index contributed by atoms with van der Waals surface area (Å²) in [6.07, 6.45) is 0. The summed E-state index contributed by atoms with van der Waals surface area (Å²) in [5.74, 6) is 1.75. The fraction of sp³-hybridized carbons (Fsp3) is 0. The second-order valence-corrected chi connectivity index (χ2v) is 0.177. The Labute approximate surface area is 35.7 Å². The summed E-state index contributed by atoms with van der Waals surface area (Å²) in [7, 11) is 0.